The molecule has 0 aromatic heterocycles. The van der Waals surface area contributed by atoms with Gasteiger partial charge in [0.25, 0.3) is 5.69 Å². The average Bonchev–Trinajstić information content (AvgIpc) is 2.58. The molecule has 0 saturated heterocycles. The fraction of sp³-hybridized carbons (Fsp3) is 0.467. The molecule has 0 radical (unpaired) electrons. The number of hydrogen-bond acceptors (Lipinski definition) is 7. The molecule has 0 unspecified atom stereocenters. The van der Waals surface area contributed by atoms with Gasteiger partial charge in [-0.25, -0.2) is 17.9 Å². The lowest BCUT2D eigenvalue weighted by molar-refractivity contribution is -0.387. The molecular formula is C15H21N3O7S. The Morgan fingerprint density at radius 1 is 1.27 bits per heavy atom. The lowest BCUT2D eigenvalue weighted by Gasteiger charge is -2.18. The second-order valence-corrected chi connectivity index (χ2v) is 7.56. The quantitative estimate of drug-likeness (QED) is 0.358. The van der Waals surface area contributed by atoms with E-state index in [1.54, 1.807) is 0 Å². The number of ether oxygens (including phenoxy) is 1. The molecule has 1 atom stereocenters. The van der Waals surface area contributed by atoms with Crippen molar-refractivity contribution in [1.82, 2.24) is 10.0 Å². The van der Waals surface area contributed by atoms with E-state index in [2.05, 4.69) is 10.1 Å². The maximum Gasteiger partial charge on any atom is 0.328 e. The molecule has 1 amide bonds. The molecule has 0 fully saturated rings. The van der Waals surface area contributed by atoms with E-state index < -0.39 is 50.0 Å². The number of rotatable bonds is 9. The van der Waals surface area contributed by atoms with Crippen LogP contribution < -0.4 is 10.0 Å². The van der Waals surface area contributed by atoms with Gasteiger partial charge in [-0.1, -0.05) is 26.0 Å². The molecule has 0 bridgehead atoms. The molecule has 1 aromatic rings. The number of para-hydroxylation sites is 1. The van der Waals surface area contributed by atoms with Crippen LogP contribution in [0.5, 0.6) is 0 Å². The van der Waals surface area contributed by atoms with E-state index in [9.17, 15) is 28.1 Å². The number of carbonyl (C=O) groups is 2. The maximum absolute atomic E-state index is 12.2. The zero-order chi connectivity index (χ0) is 19.9. The Bertz CT molecular complexity index is 777. The summed E-state index contributed by atoms with van der Waals surface area (Å²) in [6.07, 6.45) is 0.315. The average molecular weight is 387 g/mol. The van der Waals surface area contributed by atoms with Gasteiger partial charge in [-0.2, -0.15) is 0 Å². The normalized spacial score (nSPS) is 12.5. The van der Waals surface area contributed by atoms with Gasteiger partial charge in [0.05, 0.1) is 18.6 Å². The largest absolute Gasteiger partial charge is 0.467 e. The minimum atomic E-state index is -4.28. The minimum absolute atomic E-state index is 0.0862. The number of nitro benzene ring substituents is 1. The topological polar surface area (TPSA) is 145 Å². The molecule has 0 aliphatic carbocycles. The maximum atomic E-state index is 12.2. The van der Waals surface area contributed by atoms with Gasteiger partial charge in [0.15, 0.2) is 4.90 Å². The third-order valence-electron chi connectivity index (χ3n) is 3.30. The molecule has 11 heteroatoms. The van der Waals surface area contributed by atoms with Gasteiger partial charge < -0.3 is 10.1 Å². The molecule has 2 N–H and O–H groups in total. The Kier molecular flexibility index (Phi) is 7.65. The fourth-order valence-corrected chi connectivity index (χ4v) is 3.30. The Balaban J connectivity index is 2.82. The van der Waals surface area contributed by atoms with Crippen LogP contribution in [0.2, 0.25) is 0 Å². The summed E-state index contributed by atoms with van der Waals surface area (Å²) in [5, 5.41) is 13.3. The highest BCUT2D eigenvalue weighted by Crippen LogP contribution is 2.22. The summed E-state index contributed by atoms with van der Waals surface area (Å²) in [6, 6.07) is 3.86. The second kappa shape index (κ2) is 9.25. The molecular weight excluding hydrogens is 366 g/mol. The molecule has 26 heavy (non-hydrogen) atoms. The van der Waals surface area contributed by atoms with Crippen molar-refractivity contribution in [2.24, 2.45) is 5.92 Å². The van der Waals surface area contributed by atoms with Crippen molar-refractivity contribution in [3.05, 3.63) is 34.4 Å². The lowest BCUT2D eigenvalue weighted by Crippen LogP contribution is -2.46. The number of nitrogens with zero attached hydrogens (tertiary/aromatic N) is 1. The molecule has 0 spiro atoms. The van der Waals surface area contributed by atoms with Crippen molar-refractivity contribution in [3.8, 4) is 0 Å². The monoisotopic (exact) mass is 387 g/mol. The van der Waals surface area contributed by atoms with Gasteiger partial charge in [-0.15, -0.1) is 0 Å². The molecule has 0 aliphatic rings. The van der Waals surface area contributed by atoms with E-state index in [0.29, 0.717) is 6.42 Å². The first-order chi connectivity index (χ1) is 12.1. The highest BCUT2D eigenvalue weighted by molar-refractivity contribution is 7.89. The number of amides is 1. The zero-order valence-electron chi connectivity index (χ0n) is 14.6. The fourth-order valence-electron chi connectivity index (χ4n) is 2.15. The van der Waals surface area contributed by atoms with Gasteiger partial charge >= 0.3 is 5.97 Å². The molecule has 0 heterocycles. The zero-order valence-corrected chi connectivity index (χ0v) is 15.4. The van der Waals surface area contributed by atoms with Crippen LogP contribution in [0, 0.1) is 16.0 Å². The number of sulfonamides is 1. The summed E-state index contributed by atoms with van der Waals surface area (Å²) in [4.78, 5) is 33.2. The summed E-state index contributed by atoms with van der Waals surface area (Å²) in [7, 11) is -3.10. The van der Waals surface area contributed by atoms with E-state index in [1.165, 1.54) is 19.2 Å². The summed E-state index contributed by atoms with van der Waals surface area (Å²) in [5.74, 6) is -1.32. The number of benzene rings is 1. The van der Waals surface area contributed by atoms with Gasteiger partial charge in [0.2, 0.25) is 15.9 Å². The van der Waals surface area contributed by atoms with Gasteiger partial charge in [0.1, 0.15) is 6.04 Å². The highest BCUT2D eigenvalue weighted by atomic mass is 32.2. The number of carbonyl (C=O) groups excluding carboxylic acids is 2. The third-order valence-corrected chi connectivity index (χ3v) is 4.75. The summed E-state index contributed by atoms with van der Waals surface area (Å²) in [5.41, 5.74) is -0.604. The van der Waals surface area contributed by atoms with Crippen LogP contribution >= 0.6 is 0 Å². The van der Waals surface area contributed by atoms with Crippen LogP contribution in [0.25, 0.3) is 0 Å². The summed E-state index contributed by atoms with van der Waals surface area (Å²) < 4.78 is 31.0. The molecule has 10 nitrogen and oxygen atoms in total. The Morgan fingerprint density at radius 2 is 1.88 bits per heavy atom. The van der Waals surface area contributed by atoms with E-state index in [4.69, 9.17) is 0 Å². The predicted octanol–water partition coefficient (Wildman–Crippen LogP) is 0.577. The standard InChI is InChI=1S/C15H21N3O7S/c1-10(2)8-11(15(20)25-3)17-14(19)9-16-26(23,24)13-7-5-4-6-12(13)18(21)22/h4-7,10-11,16H,8-9H2,1-3H3,(H,17,19)/t11-/m0/s1. The van der Waals surface area contributed by atoms with Gasteiger partial charge in [-0.05, 0) is 18.4 Å². The number of nitrogens with one attached hydrogen (secondary N) is 2. The van der Waals surface area contributed by atoms with Crippen LogP contribution in [0.3, 0.4) is 0 Å². The lowest BCUT2D eigenvalue weighted by atomic mass is 10.0. The predicted molar refractivity (Wildman–Crippen MR) is 91.7 cm³/mol. The van der Waals surface area contributed by atoms with Crippen molar-refractivity contribution in [3.63, 3.8) is 0 Å². The Morgan fingerprint density at radius 3 is 2.42 bits per heavy atom. The minimum Gasteiger partial charge on any atom is -0.467 e. The van der Waals surface area contributed by atoms with Gasteiger partial charge in [0, 0.05) is 6.07 Å². The first-order valence-electron chi connectivity index (χ1n) is 7.68. The Labute approximate surface area is 151 Å². The summed E-state index contributed by atoms with van der Waals surface area (Å²) >= 11 is 0. The van der Waals surface area contributed by atoms with E-state index in [1.807, 2.05) is 18.6 Å². The SMILES string of the molecule is COC(=O)[C@H](CC(C)C)NC(=O)CNS(=O)(=O)c1ccccc1[N+](=O)[O-]. The van der Waals surface area contributed by atoms with Crippen molar-refractivity contribution in [2.45, 2.75) is 31.2 Å². The Hall–Kier alpha value is -2.53. The number of hydrogen-bond donors (Lipinski definition) is 2. The van der Waals surface area contributed by atoms with Crippen molar-refractivity contribution in [2.75, 3.05) is 13.7 Å². The first-order valence-corrected chi connectivity index (χ1v) is 9.17. The van der Waals surface area contributed by atoms with Crippen LogP contribution in [0.4, 0.5) is 5.69 Å². The summed E-state index contributed by atoms with van der Waals surface area (Å²) in [6.45, 7) is 3.01. The van der Waals surface area contributed by atoms with Gasteiger partial charge in [-0.3, -0.25) is 14.9 Å². The highest BCUT2D eigenvalue weighted by Gasteiger charge is 2.27. The molecule has 0 saturated carbocycles. The van der Waals surface area contributed by atoms with Crippen molar-refractivity contribution in [1.29, 1.82) is 0 Å². The molecule has 144 valence electrons. The van der Waals surface area contributed by atoms with Crippen molar-refractivity contribution >= 4 is 27.6 Å². The molecule has 1 rings (SSSR count). The third kappa shape index (κ3) is 6.08. The van der Waals surface area contributed by atoms with E-state index in [-0.39, 0.29) is 5.92 Å². The van der Waals surface area contributed by atoms with Crippen LogP contribution in [0.15, 0.2) is 29.2 Å². The molecule has 0 aliphatic heterocycles. The number of nitro groups is 1. The number of esters is 1. The second-order valence-electron chi connectivity index (χ2n) is 5.82. The number of methoxy groups -OCH3 is 1. The molecule has 1 aromatic carbocycles. The van der Waals surface area contributed by atoms with Crippen LogP contribution in [-0.2, 0) is 24.3 Å². The van der Waals surface area contributed by atoms with Crippen LogP contribution in [-0.4, -0.2) is 44.9 Å². The smallest absolute Gasteiger partial charge is 0.328 e. The van der Waals surface area contributed by atoms with Crippen molar-refractivity contribution < 1.29 is 27.7 Å². The van der Waals surface area contributed by atoms with Crippen LogP contribution in [0.1, 0.15) is 20.3 Å². The van der Waals surface area contributed by atoms with E-state index >= 15 is 0 Å². The van der Waals surface area contributed by atoms with E-state index in [0.717, 1.165) is 12.1 Å². The first kappa shape index (κ1) is 21.5.